The molecule has 0 radical (unpaired) electrons. The van der Waals surface area contributed by atoms with Crippen molar-refractivity contribution in [3.05, 3.63) is 53.3 Å². The van der Waals surface area contributed by atoms with Gasteiger partial charge in [-0.25, -0.2) is 4.98 Å². The van der Waals surface area contributed by atoms with E-state index in [-0.39, 0.29) is 0 Å². The van der Waals surface area contributed by atoms with E-state index in [0.717, 1.165) is 23.5 Å². The van der Waals surface area contributed by atoms with Crippen LogP contribution in [-0.2, 0) is 6.54 Å². The molecule has 0 atom stereocenters. The van der Waals surface area contributed by atoms with Crippen LogP contribution in [0.15, 0.2) is 36.4 Å². The van der Waals surface area contributed by atoms with Gasteiger partial charge in [0, 0.05) is 11.6 Å². The molecule has 0 bridgehead atoms. The van der Waals surface area contributed by atoms with Crippen LogP contribution in [0.4, 0.5) is 5.69 Å². The van der Waals surface area contributed by atoms with E-state index in [4.69, 9.17) is 15.5 Å². The smallest absolute Gasteiger partial charge is 0.119 e. The van der Waals surface area contributed by atoms with Gasteiger partial charge in [0.15, 0.2) is 0 Å². The Bertz CT molecular complexity index is 876. The average molecular weight is 321 g/mol. The maximum absolute atomic E-state index is 5.89. The fraction of sp³-hybridized carbons (Fsp3) is 0.350. The molecule has 4 rings (SSSR count). The number of imidazole rings is 1. The highest BCUT2D eigenvalue weighted by molar-refractivity contribution is 5.78. The molecule has 0 spiro atoms. The highest BCUT2D eigenvalue weighted by atomic mass is 16.5. The highest BCUT2D eigenvalue weighted by Crippen LogP contribution is 2.41. The van der Waals surface area contributed by atoms with Gasteiger partial charge in [-0.1, -0.05) is 0 Å². The van der Waals surface area contributed by atoms with Gasteiger partial charge in [-0.05, 0) is 74.2 Å². The van der Waals surface area contributed by atoms with Crippen LogP contribution in [0.2, 0.25) is 0 Å². The number of nitrogens with zero attached hydrogens (tertiary/aromatic N) is 2. The van der Waals surface area contributed by atoms with E-state index < -0.39 is 0 Å². The standard InChI is InChI=1S/C20H23N3O/c1-13-11-18-19(12-14(13)2)23(20(22-18)15-3-4-15)9-10-24-17-7-5-16(21)6-8-17/h5-8,11-12,15H,3-4,9-10,21H2,1-2H3. The number of nitrogens with two attached hydrogens (primary N) is 1. The second kappa shape index (κ2) is 5.86. The second-order valence-electron chi connectivity index (χ2n) is 6.74. The molecule has 0 aliphatic heterocycles. The fourth-order valence-corrected chi connectivity index (χ4v) is 3.11. The summed E-state index contributed by atoms with van der Waals surface area (Å²) < 4.78 is 8.23. The molecule has 2 aromatic carbocycles. The molecule has 1 saturated carbocycles. The molecule has 1 heterocycles. The summed E-state index contributed by atoms with van der Waals surface area (Å²) in [7, 11) is 0. The molecule has 4 nitrogen and oxygen atoms in total. The van der Waals surface area contributed by atoms with Crippen LogP contribution in [0.3, 0.4) is 0 Å². The third-order valence-electron chi connectivity index (χ3n) is 4.80. The van der Waals surface area contributed by atoms with Crippen molar-refractivity contribution in [2.24, 2.45) is 0 Å². The summed E-state index contributed by atoms with van der Waals surface area (Å²) >= 11 is 0. The van der Waals surface area contributed by atoms with E-state index >= 15 is 0 Å². The number of rotatable bonds is 5. The molecule has 0 amide bonds. The van der Waals surface area contributed by atoms with Crippen LogP contribution in [0.1, 0.15) is 35.7 Å². The van der Waals surface area contributed by atoms with Crippen molar-refractivity contribution in [1.82, 2.24) is 9.55 Å². The lowest BCUT2D eigenvalue weighted by Crippen LogP contribution is -2.11. The molecule has 2 N–H and O–H groups in total. The largest absolute Gasteiger partial charge is 0.492 e. The van der Waals surface area contributed by atoms with Crippen LogP contribution < -0.4 is 10.5 Å². The van der Waals surface area contributed by atoms with Gasteiger partial charge in [-0.2, -0.15) is 0 Å². The monoisotopic (exact) mass is 321 g/mol. The quantitative estimate of drug-likeness (QED) is 0.717. The number of benzene rings is 2. The molecule has 124 valence electrons. The first-order chi connectivity index (χ1) is 11.6. The Morgan fingerprint density at radius 2 is 1.83 bits per heavy atom. The number of hydrogen-bond acceptors (Lipinski definition) is 3. The number of aryl methyl sites for hydroxylation is 2. The topological polar surface area (TPSA) is 53.1 Å². The van der Waals surface area contributed by atoms with Crippen molar-refractivity contribution < 1.29 is 4.74 Å². The second-order valence-corrected chi connectivity index (χ2v) is 6.74. The minimum absolute atomic E-state index is 0.620. The Kier molecular flexibility index (Phi) is 3.68. The van der Waals surface area contributed by atoms with Gasteiger partial charge in [0.05, 0.1) is 17.6 Å². The van der Waals surface area contributed by atoms with Crippen molar-refractivity contribution in [3.63, 3.8) is 0 Å². The normalized spacial score (nSPS) is 14.2. The van der Waals surface area contributed by atoms with Gasteiger partial charge in [-0.15, -0.1) is 0 Å². The Labute approximate surface area is 142 Å². The highest BCUT2D eigenvalue weighted by Gasteiger charge is 2.29. The van der Waals surface area contributed by atoms with E-state index in [9.17, 15) is 0 Å². The number of fused-ring (bicyclic) bond motifs is 1. The Morgan fingerprint density at radius 1 is 1.12 bits per heavy atom. The predicted octanol–water partition coefficient (Wildman–Crippen LogP) is 4.19. The number of nitrogen functional groups attached to an aromatic ring is 1. The van der Waals surface area contributed by atoms with Crippen LogP contribution in [0, 0.1) is 13.8 Å². The van der Waals surface area contributed by atoms with Gasteiger partial charge in [0.2, 0.25) is 0 Å². The Hall–Kier alpha value is -2.49. The lowest BCUT2D eigenvalue weighted by atomic mass is 10.1. The zero-order valence-corrected chi connectivity index (χ0v) is 14.2. The third-order valence-corrected chi connectivity index (χ3v) is 4.80. The van der Waals surface area contributed by atoms with E-state index in [0.29, 0.717) is 12.5 Å². The Morgan fingerprint density at radius 3 is 2.54 bits per heavy atom. The molecule has 0 saturated heterocycles. The minimum Gasteiger partial charge on any atom is -0.492 e. The van der Waals surface area contributed by atoms with Crippen molar-refractivity contribution >= 4 is 16.7 Å². The number of anilines is 1. The Balaban J connectivity index is 1.59. The first-order valence-electron chi connectivity index (χ1n) is 8.57. The third kappa shape index (κ3) is 2.84. The number of ether oxygens (including phenoxy) is 1. The summed E-state index contributed by atoms with van der Waals surface area (Å²) in [4.78, 5) is 4.90. The minimum atomic E-state index is 0.620. The maximum Gasteiger partial charge on any atom is 0.119 e. The van der Waals surface area contributed by atoms with Crippen LogP contribution >= 0.6 is 0 Å². The first kappa shape index (κ1) is 15.1. The summed E-state index contributed by atoms with van der Waals surface area (Å²) in [6.07, 6.45) is 2.50. The predicted molar refractivity (Wildman–Crippen MR) is 97.5 cm³/mol. The maximum atomic E-state index is 5.89. The van der Waals surface area contributed by atoms with E-state index in [1.165, 1.54) is 35.3 Å². The SMILES string of the molecule is Cc1cc2nc(C3CC3)n(CCOc3ccc(N)cc3)c2cc1C. The summed E-state index contributed by atoms with van der Waals surface area (Å²) in [5.74, 6) is 2.69. The van der Waals surface area contributed by atoms with Crippen molar-refractivity contribution in [2.45, 2.75) is 39.2 Å². The molecule has 1 aliphatic carbocycles. The first-order valence-corrected chi connectivity index (χ1v) is 8.57. The summed E-state index contributed by atoms with van der Waals surface area (Å²) in [5.41, 5.74) is 11.4. The van der Waals surface area contributed by atoms with Crippen molar-refractivity contribution in [3.8, 4) is 5.75 Å². The number of aromatic nitrogens is 2. The zero-order valence-electron chi connectivity index (χ0n) is 14.2. The molecular weight excluding hydrogens is 298 g/mol. The average Bonchev–Trinajstić information content (AvgIpc) is 3.35. The molecule has 3 aromatic rings. The lowest BCUT2D eigenvalue weighted by molar-refractivity contribution is 0.298. The zero-order chi connectivity index (χ0) is 16.7. The molecule has 4 heteroatoms. The molecule has 0 unspecified atom stereocenters. The molecule has 1 aromatic heterocycles. The van der Waals surface area contributed by atoms with Crippen LogP contribution in [0.5, 0.6) is 5.75 Å². The molecule has 1 fully saturated rings. The van der Waals surface area contributed by atoms with E-state index in [1.54, 1.807) is 0 Å². The van der Waals surface area contributed by atoms with Gasteiger partial charge in [-0.3, -0.25) is 0 Å². The van der Waals surface area contributed by atoms with Gasteiger partial charge >= 0.3 is 0 Å². The summed E-state index contributed by atoms with van der Waals surface area (Å²) in [5, 5.41) is 0. The van der Waals surface area contributed by atoms with Gasteiger partial charge in [0.1, 0.15) is 18.2 Å². The van der Waals surface area contributed by atoms with Gasteiger partial charge < -0.3 is 15.0 Å². The molecule has 24 heavy (non-hydrogen) atoms. The van der Waals surface area contributed by atoms with E-state index in [2.05, 4.69) is 30.5 Å². The fourth-order valence-electron chi connectivity index (χ4n) is 3.11. The molecular formula is C20H23N3O. The van der Waals surface area contributed by atoms with Crippen LogP contribution in [-0.4, -0.2) is 16.2 Å². The number of hydrogen-bond donors (Lipinski definition) is 1. The molecule has 1 aliphatic rings. The van der Waals surface area contributed by atoms with Crippen molar-refractivity contribution in [1.29, 1.82) is 0 Å². The van der Waals surface area contributed by atoms with Crippen LogP contribution in [0.25, 0.3) is 11.0 Å². The summed E-state index contributed by atoms with van der Waals surface area (Å²) in [6, 6.07) is 12.0. The van der Waals surface area contributed by atoms with Crippen molar-refractivity contribution in [2.75, 3.05) is 12.3 Å². The van der Waals surface area contributed by atoms with E-state index in [1.807, 2.05) is 24.3 Å². The lowest BCUT2D eigenvalue weighted by Gasteiger charge is -2.11. The summed E-state index contributed by atoms with van der Waals surface area (Å²) in [6.45, 7) is 5.75. The van der Waals surface area contributed by atoms with Gasteiger partial charge in [0.25, 0.3) is 0 Å².